The minimum atomic E-state index is -4.79. The fourth-order valence-electron chi connectivity index (χ4n) is 3.44. The SMILES string of the molecule is O=C(CN1C(=O)S/C(=C/c2ccc(Oc3ccc(C(F)(F)F)cc3[N+](=O)[O-])c(Br)c2)C1=O)Nc1ccc(F)c(Cl)c1. The predicted molar refractivity (Wildman–Crippen MR) is 145 cm³/mol. The first-order valence-electron chi connectivity index (χ1n) is 11.1. The molecule has 0 saturated carbocycles. The first-order chi connectivity index (χ1) is 19.2. The van der Waals surface area contributed by atoms with Crippen molar-refractivity contribution in [3.63, 3.8) is 0 Å². The molecule has 3 aromatic rings. The van der Waals surface area contributed by atoms with Crippen LogP contribution < -0.4 is 10.1 Å². The first kappa shape index (κ1) is 30.0. The third-order valence-electron chi connectivity index (χ3n) is 5.34. The highest BCUT2D eigenvalue weighted by Crippen LogP contribution is 2.40. The van der Waals surface area contributed by atoms with Gasteiger partial charge in [0, 0.05) is 11.8 Å². The molecule has 1 fully saturated rings. The molecule has 0 spiro atoms. The molecule has 0 bridgehead atoms. The van der Waals surface area contributed by atoms with Crippen molar-refractivity contribution in [1.29, 1.82) is 0 Å². The van der Waals surface area contributed by atoms with Gasteiger partial charge in [-0.1, -0.05) is 17.7 Å². The number of anilines is 1. The van der Waals surface area contributed by atoms with E-state index in [0.717, 1.165) is 12.1 Å². The lowest BCUT2D eigenvalue weighted by atomic mass is 10.1. The number of imide groups is 1. The van der Waals surface area contributed by atoms with E-state index in [0.29, 0.717) is 34.4 Å². The van der Waals surface area contributed by atoms with Gasteiger partial charge in [-0.2, -0.15) is 13.2 Å². The highest BCUT2D eigenvalue weighted by Gasteiger charge is 2.36. The number of hydrogen-bond donors (Lipinski definition) is 1. The van der Waals surface area contributed by atoms with Crippen LogP contribution >= 0.6 is 39.3 Å². The van der Waals surface area contributed by atoms with Crippen molar-refractivity contribution in [3.05, 3.63) is 96.1 Å². The van der Waals surface area contributed by atoms with E-state index in [9.17, 15) is 42.1 Å². The Hall–Kier alpha value is -3.95. The maximum absolute atomic E-state index is 13.3. The Morgan fingerprint density at radius 3 is 2.46 bits per heavy atom. The molecule has 3 amide bonds. The summed E-state index contributed by atoms with van der Waals surface area (Å²) in [4.78, 5) is 48.5. The molecule has 41 heavy (non-hydrogen) atoms. The molecular formula is C25H13BrClF4N3O6S. The Morgan fingerprint density at radius 1 is 1.12 bits per heavy atom. The van der Waals surface area contributed by atoms with Gasteiger partial charge >= 0.3 is 11.9 Å². The second kappa shape index (κ2) is 11.9. The van der Waals surface area contributed by atoms with Crippen LogP contribution in [0, 0.1) is 15.9 Å². The average Bonchev–Trinajstić information content (AvgIpc) is 3.14. The molecule has 16 heteroatoms. The lowest BCUT2D eigenvalue weighted by Gasteiger charge is -2.12. The van der Waals surface area contributed by atoms with Crippen molar-refractivity contribution >= 4 is 73.8 Å². The van der Waals surface area contributed by atoms with Gasteiger partial charge in [0.05, 0.1) is 24.9 Å². The number of thioether (sulfide) groups is 1. The molecule has 1 saturated heterocycles. The number of rotatable bonds is 7. The number of halogens is 6. The van der Waals surface area contributed by atoms with Crippen LogP contribution in [0.2, 0.25) is 5.02 Å². The third-order valence-corrected chi connectivity index (χ3v) is 7.15. The van der Waals surface area contributed by atoms with Crippen molar-refractivity contribution in [1.82, 2.24) is 4.90 Å². The molecule has 0 aliphatic carbocycles. The molecule has 9 nitrogen and oxygen atoms in total. The summed E-state index contributed by atoms with van der Waals surface area (Å²) in [5, 5.41) is 12.8. The molecule has 0 unspecified atom stereocenters. The molecule has 0 atom stereocenters. The normalized spacial score (nSPS) is 14.5. The smallest absolute Gasteiger partial charge is 0.416 e. The van der Waals surface area contributed by atoms with Gasteiger partial charge in [0.1, 0.15) is 18.1 Å². The van der Waals surface area contributed by atoms with E-state index < -0.39 is 57.5 Å². The lowest BCUT2D eigenvalue weighted by Crippen LogP contribution is -2.36. The number of nitro benzene ring substituents is 1. The number of nitrogens with zero attached hydrogens (tertiary/aromatic N) is 2. The fourth-order valence-corrected chi connectivity index (χ4v) is 4.93. The van der Waals surface area contributed by atoms with Gasteiger partial charge in [0.25, 0.3) is 11.1 Å². The van der Waals surface area contributed by atoms with Crippen LogP contribution in [0.1, 0.15) is 11.1 Å². The number of amides is 3. The van der Waals surface area contributed by atoms with Gasteiger partial charge in [-0.3, -0.25) is 29.4 Å². The van der Waals surface area contributed by atoms with Gasteiger partial charge in [-0.05, 0) is 81.8 Å². The molecule has 4 rings (SSSR count). The molecule has 3 aromatic carbocycles. The van der Waals surface area contributed by atoms with E-state index in [-0.39, 0.29) is 25.8 Å². The molecule has 1 aliphatic heterocycles. The van der Waals surface area contributed by atoms with Crippen LogP contribution in [0.25, 0.3) is 6.08 Å². The van der Waals surface area contributed by atoms with Crippen LogP contribution in [0.4, 0.5) is 33.7 Å². The molecular weight excluding hydrogens is 662 g/mol. The van der Waals surface area contributed by atoms with Gasteiger partial charge in [0.15, 0.2) is 0 Å². The van der Waals surface area contributed by atoms with E-state index in [1.165, 1.54) is 36.4 Å². The van der Waals surface area contributed by atoms with E-state index in [1.54, 1.807) is 0 Å². The number of carbonyl (C=O) groups is 3. The number of benzene rings is 3. The first-order valence-corrected chi connectivity index (χ1v) is 13.0. The maximum atomic E-state index is 13.3. The van der Waals surface area contributed by atoms with Gasteiger partial charge in [0.2, 0.25) is 11.7 Å². The quantitative estimate of drug-likeness (QED) is 0.118. The van der Waals surface area contributed by atoms with Gasteiger partial charge in [-0.25, -0.2) is 4.39 Å². The number of hydrogen-bond acceptors (Lipinski definition) is 7. The number of alkyl halides is 3. The highest BCUT2D eigenvalue weighted by molar-refractivity contribution is 9.10. The molecule has 0 radical (unpaired) electrons. The number of ether oxygens (including phenoxy) is 1. The standard InChI is InChI=1S/C25H13BrClF4N3O6S/c26-15-7-12(1-5-19(15)40-20-6-2-13(25(29,30)31)9-18(20)34(38)39)8-21-23(36)33(24(37)41-21)11-22(35)32-14-3-4-17(28)16(27)10-14/h1-10H,11H2,(H,32,35)/b21-8+. The molecule has 0 aromatic heterocycles. The summed E-state index contributed by atoms with van der Waals surface area (Å²) in [5.41, 5.74) is -1.55. The van der Waals surface area contributed by atoms with Crippen LogP contribution in [-0.2, 0) is 15.8 Å². The van der Waals surface area contributed by atoms with Crippen LogP contribution in [0.15, 0.2) is 64.0 Å². The number of nitrogens with one attached hydrogen (secondary N) is 1. The largest absolute Gasteiger partial charge is 0.449 e. The molecule has 1 heterocycles. The zero-order valence-electron chi connectivity index (χ0n) is 20.0. The van der Waals surface area contributed by atoms with E-state index in [2.05, 4.69) is 21.2 Å². The molecule has 1 N–H and O–H groups in total. The van der Waals surface area contributed by atoms with Crippen molar-refractivity contribution in [2.75, 3.05) is 11.9 Å². The van der Waals surface area contributed by atoms with Crippen molar-refractivity contribution in [3.8, 4) is 11.5 Å². The summed E-state index contributed by atoms with van der Waals surface area (Å²) in [7, 11) is 0. The Kier molecular flexibility index (Phi) is 8.70. The van der Waals surface area contributed by atoms with Crippen LogP contribution in [-0.4, -0.2) is 33.4 Å². The number of nitro groups is 1. The fraction of sp³-hybridized carbons (Fsp3) is 0.0800. The zero-order chi connectivity index (χ0) is 30.1. The maximum Gasteiger partial charge on any atom is 0.416 e. The summed E-state index contributed by atoms with van der Waals surface area (Å²) >= 11 is 9.48. The summed E-state index contributed by atoms with van der Waals surface area (Å²) in [5.74, 6) is -2.57. The summed E-state index contributed by atoms with van der Waals surface area (Å²) in [6.45, 7) is -0.612. The van der Waals surface area contributed by atoms with E-state index in [1.807, 2.05) is 0 Å². The summed E-state index contributed by atoms with van der Waals surface area (Å²) in [6, 6.07) is 9.55. The summed E-state index contributed by atoms with van der Waals surface area (Å²) in [6.07, 6.45) is -3.43. The number of carbonyl (C=O) groups excluding carboxylic acids is 3. The monoisotopic (exact) mass is 673 g/mol. The van der Waals surface area contributed by atoms with Gasteiger partial charge < -0.3 is 10.1 Å². The second-order valence-corrected chi connectivity index (χ2v) is 10.4. The highest BCUT2D eigenvalue weighted by atomic mass is 79.9. The van der Waals surface area contributed by atoms with Crippen molar-refractivity contribution < 1.29 is 41.6 Å². The second-order valence-electron chi connectivity index (χ2n) is 8.17. The topological polar surface area (TPSA) is 119 Å². The van der Waals surface area contributed by atoms with Crippen molar-refractivity contribution in [2.24, 2.45) is 0 Å². The minimum absolute atomic E-state index is 0.00780. The van der Waals surface area contributed by atoms with Crippen LogP contribution in [0.5, 0.6) is 11.5 Å². The van der Waals surface area contributed by atoms with E-state index in [4.69, 9.17) is 16.3 Å². The molecule has 1 aliphatic rings. The predicted octanol–water partition coefficient (Wildman–Crippen LogP) is 7.64. The Morgan fingerprint density at radius 2 is 1.83 bits per heavy atom. The summed E-state index contributed by atoms with van der Waals surface area (Å²) < 4.78 is 57.9. The van der Waals surface area contributed by atoms with Crippen molar-refractivity contribution in [2.45, 2.75) is 6.18 Å². The Balaban J connectivity index is 1.47. The van der Waals surface area contributed by atoms with Gasteiger partial charge in [-0.15, -0.1) is 0 Å². The lowest BCUT2D eigenvalue weighted by molar-refractivity contribution is -0.385. The van der Waals surface area contributed by atoms with E-state index >= 15 is 0 Å². The third kappa shape index (κ3) is 7.04. The minimum Gasteiger partial charge on any atom is -0.449 e. The Bertz CT molecular complexity index is 1640. The molecule has 212 valence electrons. The zero-order valence-corrected chi connectivity index (χ0v) is 23.2. The average molecular weight is 675 g/mol. The Labute approximate surface area is 245 Å². The van der Waals surface area contributed by atoms with Crippen LogP contribution in [0.3, 0.4) is 0 Å².